The second kappa shape index (κ2) is 6.80. The van der Waals surface area contributed by atoms with Gasteiger partial charge in [0.05, 0.1) is 17.3 Å². The number of amides is 1. The van der Waals surface area contributed by atoms with Crippen LogP contribution in [0, 0.1) is 0 Å². The lowest BCUT2D eigenvalue weighted by Gasteiger charge is -2.32. The Hall–Kier alpha value is -0.750. The van der Waals surface area contributed by atoms with E-state index in [1.165, 1.54) is 0 Å². The van der Waals surface area contributed by atoms with Gasteiger partial charge in [-0.05, 0) is 50.8 Å². The Morgan fingerprint density at radius 2 is 1.95 bits per heavy atom. The third-order valence-corrected chi connectivity index (χ3v) is 4.82. The van der Waals surface area contributed by atoms with Crippen LogP contribution in [0.5, 0.6) is 5.75 Å². The summed E-state index contributed by atoms with van der Waals surface area (Å²) in [5.74, 6) is 0.965. The number of ether oxygens (including phenoxy) is 1. The van der Waals surface area contributed by atoms with E-state index in [0.717, 1.165) is 46.3 Å². The zero-order chi connectivity index (χ0) is 14.7. The summed E-state index contributed by atoms with van der Waals surface area (Å²) in [5, 5.41) is 3.52. The molecule has 0 unspecified atom stereocenters. The van der Waals surface area contributed by atoms with Crippen molar-refractivity contribution in [1.29, 1.82) is 0 Å². The lowest BCUT2D eigenvalue weighted by molar-refractivity contribution is -0.129. The molecule has 6 heteroatoms. The minimum absolute atomic E-state index is 0.162. The summed E-state index contributed by atoms with van der Waals surface area (Å²) in [6.45, 7) is 3.26. The van der Waals surface area contributed by atoms with Gasteiger partial charge in [0.1, 0.15) is 5.75 Å². The highest BCUT2D eigenvalue weighted by atomic mass is 79.9. The van der Waals surface area contributed by atoms with Gasteiger partial charge in [-0.1, -0.05) is 0 Å². The van der Waals surface area contributed by atoms with Gasteiger partial charge in [-0.3, -0.25) is 4.79 Å². The number of methoxy groups -OCH3 is 1. The minimum atomic E-state index is 0.162. The van der Waals surface area contributed by atoms with Gasteiger partial charge in [-0.25, -0.2) is 0 Å². The van der Waals surface area contributed by atoms with Crippen LogP contribution < -0.4 is 10.1 Å². The molecule has 0 aromatic heterocycles. The first-order valence-electron chi connectivity index (χ1n) is 6.56. The Balaban J connectivity index is 2.02. The lowest BCUT2D eigenvalue weighted by atomic mass is 10.0. The SMILES string of the molecule is COc1cc(NC2CCN(C(C)=O)CC2)c(Br)cc1Br. The minimum Gasteiger partial charge on any atom is -0.495 e. The van der Waals surface area contributed by atoms with Gasteiger partial charge in [0.2, 0.25) is 5.91 Å². The molecule has 0 aliphatic carbocycles. The number of nitrogens with one attached hydrogen (secondary N) is 1. The van der Waals surface area contributed by atoms with Gasteiger partial charge in [0.15, 0.2) is 0 Å². The Morgan fingerprint density at radius 1 is 1.30 bits per heavy atom. The fraction of sp³-hybridized carbons (Fsp3) is 0.500. The molecule has 1 aliphatic heterocycles. The van der Waals surface area contributed by atoms with Crippen molar-refractivity contribution in [2.75, 3.05) is 25.5 Å². The van der Waals surface area contributed by atoms with Crippen LogP contribution in [-0.4, -0.2) is 37.0 Å². The summed E-state index contributed by atoms with van der Waals surface area (Å²) < 4.78 is 7.24. The van der Waals surface area contributed by atoms with Crippen LogP contribution in [-0.2, 0) is 4.79 Å². The lowest BCUT2D eigenvalue weighted by Crippen LogP contribution is -2.41. The molecular formula is C14H18Br2N2O2. The fourth-order valence-electron chi connectivity index (χ4n) is 2.35. The number of benzene rings is 1. The molecule has 0 radical (unpaired) electrons. The summed E-state index contributed by atoms with van der Waals surface area (Å²) in [4.78, 5) is 13.2. The number of carbonyl (C=O) groups is 1. The molecule has 2 rings (SSSR count). The molecule has 20 heavy (non-hydrogen) atoms. The number of likely N-dealkylation sites (tertiary alicyclic amines) is 1. The van der Waals surface area contributed by atoms with Crippen LogP contribution in [0.2, 0.25) is 0 Å². The van der Waals surface area contributed by atoms with Crippen molar-refractivity contribution in [1.82, 2.24) is 4.90 Å². The summed E-state index contributed by atoms with van der Waals surface area (Å²) in [5.41, 5.74) is 1.02. The number of rotatable bonds is 3. The van der Waals surface area contributed by atoms with E-state index in [4.69, 9.17) is 4.74 Å². The number of piperidine rings is 1. The van der Waals surface area contributed by atoms with E-state index < -0.39 is 0 Å². The van der Waals surface area contributed by atoms with Crippen LogP contribution in [0.15, 0.2) is 21.1 Å². The van der Waals surface area contributed by atoms with Crippen LogP contribution >= 0.6 is 31.9 Å². The van der Waals surface area contributed by atoms with Crippen LogP contribution in [0.3, 0.4) is 0 Å². The molecule has 0 spiro atoms. The maximum absolute atomic E-state index is 11.3. The molecule has 0 bridgehead atoms. The normalized spacial score (nSPS) is 16.1. The maximum Gasteiger partial charge on any atom is 0.219 e. The van der Waals surface area contributed by atoms with Gasteiger partial charge < -0.3 is 15.0 Å². The molecular weight excluding hydrogens is 388 g/mol. The van der Waals surface area contributed by atoms with Crippen molar-refractivity contribution < 1.29 is 9.53 Å². The molecule has 0 atom stereocenters. The first-order valence-corrected chi connectivity index (χ1v) is 8.15. The highest BCUT2D eigenvalue weighted by Crippen LogP contribution is 2.35. The van der Waals surface area contributed by atoms with Crippen molar-refractivity contribution in [2.24, 2.45) is 0 Å². The van der Waals surface area contributed by atoms with Crippen LogP contribution in [0.1, 0.15) is 19.8 Å². The Bertz CT molecular complexity index is 500. The average Bonchev–Trinajstić information content (AvgIpc) is 2.42. The van der Waals surface area contributed by atoms with Gasteiger partial charge in [0.25, 0.3) is 0 Å². The molecule has 0 saturated carbocycles. The number of anilines is 1. The summed E-state index contributed by atoms with van der Waals surface area (Å²) >= 11 is 7.02. The van der Waals surface area contributed by atoms with E-state index in [0.29, 0.717) is 6.04 Å². The van der Waals surface area contributed by atoms with Crippen molar-refractivity contribution in [3.63, 3.8) is 0 Å². The van der Waals surface area contributed by atoms with E-state index in [1.54, 1.807) is 14.0 Å². The Morgan fingerprint density at radius 3 is 2.50 bits per heavy atom. The molecule has 1 amide bonds. The summed E-state index contributed by atoms with van der Waals surface area (Å²) in [7, 11) is 1.66. The molecule has 110 valence electrons. The van der Waals surface area contributed by atoms with Crippen molar-refractivity contribution >= 4 is 43.5 Å². The zero-order valence-electron chi connectivity index (χ0n) is 11.6. The van der Waals surface area contributed by atoms with Crippen molar-refractivity contribution in [3.8, 4) is 5.75 Å². The number of carbonyl (C=O) groups excluding carboxylic acids is 1. The predicted molar refractivity (Wildman–Crippen MR) is 87.3 cm³/mol. The standard InChI is InChI=1S/C14H18Br2N2O2/c1-9(19)18-5-3-10(4-6-18)17-13-8-14(20-2)12(16)7-11(13)15/h7-8,10,17H,3-6H2,1-2H3. The highest BCUT2D eigenvalue weighted by molar-refractivity contribution is 9.11. The molecule has 1 aromatic carbocycles. The fourth-order valence-corrected chi connectivity index (χ4v) is 3.63. The number of nitrogens with zero attached hydrogens (tertiary/aromatic N) is 1. The van der Waals surface area contributed by atoms with E-state index in [2.05, 4.69) is 37.2 Å². The van der Waals surface area contributed by atoms with Crippen molar-refractivity contribution in [3.05, 3.63) is 21.1 Å². The molecule has 1 saturated heterocycles. The monoisotopic (exact) mass is 404 g/mol. The topological polar surface area (TPSA) is 41.6 Å². The molecule has 1 N–H and O–H groups in total. The molecule has 1 aromatic rings. The second-order valence-electron chi connectivity index (χ2n) is 4.89. The molecule has 1 aliphatic rings. The van der Waals surface area contributed by atoms with Crippen LogP contribution in [0.25, 0.3) is 0 Å². The largest absolute Gasteiger partial charge is 0.495 e. The summed E-state index contributed by atoms with van der Waals surface area (Å²) in [6.07, 6.45) is 1.93. The number of halogens is 2. The first kappa shape index (κ1) is 15.6. The Labute approximate surface area is 136 Å². The third-order valence-electron chi connectivity index (χ3n) is 3.54. The van der Waals surface area contributed by atoms with Gasteiger partial charge in [-0.15, -0.1) is 0 Å². The third kappa shape index (κ3) is 3.67. The van der Waals surface area contributed by atoms with Gasteiger partial charge >= 0.3 is 0 Å². The smallest absolute Gasteiger partial charge is 0.219 e. The van der Waals surface area contributed by atoms with Gasteiger partial charge in [-0.2, -0.15) is 0 Å². The average molecular weight is 406 g/mol. The molecule has 1 heterocycles. The maximum atomic E-state index is 11.3. The quantitative estimate of drug-likeness (QED) is 0.834. The van der Waals surface area contributed by atoms with E-state index in [1.807, 2.05) is 17.0 Å². The first-order chi connectivity index (χ1) is 9.51. The summed E-state index contributed by atoms with van der Waals surface area (Å²) in [6, 6.07) is 4.34. The van der Waals surface area contributed by atoms with E-state index in [-0.39, 0.29) is 5.91 Å². The van der Waals surface area contributed by atoms with Crippen LogP contribution in [0.4, 0.5) is 5.69 Å². The van der Waals surface area contributed by atoms with E-state index in [9.17, 15) is 4.79 Å². The number of hydrogen-bond acceptors (Lipinski definition) is 3. The Kier molecular flexibility index (Phi) is 5.32. The molecule has 1 fully saturated rings. The predicted octanol–water partition coefficient (Wildman–Crippen LogP) is 3.64. The second-order valence-corrected chi connectivity index (χ2v) is 6.60. The number of hydrogen-bond donors (Lipinski definition) is 1. The zero-order valence-corrected chi connectivity index (χ0v) is 14.8. The van der Waals surface area contributed by atoms with E-state index >= 15 is 0 Å². The van der Waals surface area contributed by atoms with Gasteiger partial charge in [0, 0.05) is 36.6 Å². The van der Waals surface area contributed by atoms with Crippen molar-refractivity contribution in [2.45, 2.75) is 25.8 Å². The molecule has 4 nitrogen and oxygen atoms in total. The highest BCUT2D eigenvalue weighted by Gasteiger charge is 2.21.